The number of halogens is 1. The molecular formula is C17H19ClN4O2. The Hall–Kier alpha value is -2.18. The molecule has 1 aliphatic rings. The fraction of sp³-hybridized carbons (Fsp3) is 0.353. The predicted molar refractivity (Wildman–Crippen MR) is 93.0 cm³/mol. The summed E-state index contributed by atoms with van der Waals surface area (Å²) in [5.74, 6) is 0.235. The summed E-state index contributed by atoms with van der Waals surface area (Å²) in [6.45, 7) is 6.22. The molecule has 1 saturated heterocycles. The van der Waals surface area contributed by atoms with Crippen LogP contribution >= 0.6 is 11.6 Å². The molecular weight excluding hydrogens is 328 g/mol. The first-order valence-corrected chi connectivity index (χ1v) is 8.16. The van der Waals surface area contributed by atoms with Crippen molar-refractivity contribution in [2.75, 3.05) is 31.6 Å². The van der Waals surface area contributed by atoms with Gasteiger partial charge in [-0.25, -0.2) is 9.97 Å². The molecule has 24 heavy (non-hydrogen) atoms. The molecule has 0 saturated carbocycles. The molecule has 7 heteroatoms. The minimum Gasteiger partial charge on any atom is -0.378 e. The summed E-state index contributed by atoms with van der Waals surface area (Å²) >= 11 is 6.30. The number of ether oxygens (including phenoxy) is 1. The fourth-order valence-corrected chi connectivity index (χ4v) is 3.02. The number of anilines is 2. The lowest BCUT2D eigenvalue weighted by Gasteiger charge is -2.26. The third-order valence-electron chi connectivity index (χ3n) is 3.84. The average molecular weight is 347 g/mol. The summed E-state index contributed by atoms with van der Waals surface area (Å²) < 4.78 is 5.27. The van der Waals surface area contributed by atoms with Crippen LogP contribution in [0, 0.1) is 13.8 Å². The van der Waals surface area contributed by atoms with Gasteiger partial charge in [0.2, 0.25) is 5.95 Å². The molecule has 2 aromatic rings. The second-order valence-corrected chi connectivity index (χ2v) is 6.14. The van der Waals surface area contributed by atoms with Crippen molar-refractivity contribution in [3.05, 3.63) is 46.2 Å². The molecule has 0 radical (unpaired) electrons. The third kappa shape index (κ3) is 3.66. The molecule has 1 aromatic carbocycles. The molecule has 1 amide bonds. The van der Waals surface area contributed by atoms with E-state index in [1.54, 1.807) is 17.2 Å². The van der Waals surface area contributed by atoms with Crippen LogP contribution in [0.2, 0.25) is 5.02 Å². The maximum Gasteiger partial charge on any atom is 0.272 e. The van der Waals surface area contributed by atoms with Crippen LogP contribution in [-0.2, 0) is 4.74 Å². The molecule has 1 aliphatic heterocycles. The summed E-state index contributed by atoms with van der Waals surface area (Å²) in [6, 6.07) is 5.52. The third-order valence-corrected chi connectivity index (χ3v) is 4.14. The van der Waals surface area contributed by atoms with E-state index in [0.29, 0.717) is 43.0 Å². The molecule has 0 unspecified atom stereocenters. The van der Waals surface area contributed by atoms with Crippen LogP contribution in [-0.4, -0.2) is 47.1 Å². The monoisotopic (exact) mass is 346 g/mol. The minimum atomic E-state index is -0.115. The second kappa shape index (κ2) is 7.15. The summed E-state index contributed by atoms with van der Waals surface area (Å²) in [4.78, 5) is 22.8. The predicted octanol–water partition coefficient (Wildman–Crippen LogP) is 2.96. The van der Waals surface area contributed by atoms with E-state index in [4.69, 9.17) is 16.3 Å². The van der Waals surface area contributed by atoms with E-state index in [1.807, 2.05) is 26.0 Å². The van der Waals surface area contributed by atoms with E-state index < -0.39 is 0 Å². The average Bonchev–Trinajstić information content (AvgIpc) is 2.58. The van der Waals surface area contributed by atoms with Crippen LogP contribution in [0.3, 0.4) is 0 Å². The second-order valence-electron chi connectivity index (χ2n) is 5.73. The van der Waals surface area contributed by atoms with Crippen LogP contribution in [0.25, 0.3) is 0 Å². The highest BCUT2D eigenvalue weighted by molar-refractivity contribution is 6.33. The molecule has 6 nitrogen and oxygen atoms in total. The summed E-state index contributed by atoms with van der Waals surface area (Å²) in [5, 5.41) is 3.71. The van der Waals surface area contributed by atoms with Gasteiger partial charge in [-0.1, -0.05) is 17.7 Å². The van der Waals surface area contributed by atoms with Crippen LogP contribution < -0.4 is 5.32 Å². The Morgan fingerprint density at radius 3 is 2.75 bits per heavy atom. The zero-order valence-electron chi connectivity index (χ0n) is 13.7. The molecule has 3 rings (SSSR count). The molecule has 126 valence electrons. The molecule has 0 atom stereocenters. The van der Waals surface area contributed by atoms with E-state index in [9.17, 15) is 4.79 Å². The normalized spacial score (nSPS) is 14.5. The summed E-state index contributed by atoms with van der Waals surface area (Å²) in [6.07, 6.45) is 1.57. The van der Waals surface area contributed by atoms with Gasteiger partial charge >= 0.3 is 0 Å². The lowest BCUT2D eigenvalue weighted by molar-refractivity contribution is 0.0299. The molecule has 1 fully saturated rings. The first kappa shape index (κ1) is 16.7. The van der Waals surface area contributed by atoms with Crippen LogP contribution in [0.15, 0.2) is 24.4 Å². The van der Waals surface area contributed by atoms with Gasteiger partial charge in [0.1, 0.15) is 5.69 Å². The van der Waals surface area contributed by atoms with Gasteiger partial charge in [-0.2, -0.15) is 0 Å². The van der Waals surface area contributed by atoms with Crippen molar-refractivity contribution in [2.45, 2.75) is 13.8 Å². The van der Waals surface area contributed by atoms with Crippen LogP contribution in [0.5, 0.6) is 0 Å². The molecule has 0 bridgehead atoms. The lowest BCUT2D eigenvalue weighted by atomic mass is 10.1. The number of benzene rings is 1. The molecule has 2 heterocycles. The number of morpholine rings is 1. The fourth-order valence-electron chi connectivity index (χ4n) is 2.65. The Morgan fingerprint density at radius 1 is 1.29 bits per heavy atom. The van der Waals surface area contributed by atoms with Crippen molar-refractivity contribution >= 4 is 29.1 Å². The van der Waals surface area contributed by atoms with Gasteiger partial charge in [-0.3, -0.25) is 4.79 Å². The zero-order valence-corrected chi connectivity index (χ0v) is 14.4. The summed E-state index contributed by atoms with van der Waals surface area (Å²) in [7, 11) is 0. The first-order chi connectivity index (χ1) is 11.5. The first-order valence-electron chi connectivity index (χ1n) is 7.78. The Labute approximate surface area is 145 Å². The number of hydrogen-bond donors (Lipinski definition) is 1. The van der Waals surface area contributed by atoms with Crippen molar-refractivity contribution < 1.29 is 9.53 Å². The Kier molecular flexibility index (Phi) is 4.97. The largest absolute Gasteiger partial charge is 0.378 e. The van der Waals surface area contributed by atoms with Crippen LogP contribution in [0.1, 0.15) is 21.6 Å². The van der Waals surface area contributed by atoms with Crippen LogP contribution in [0.4, 0.5) is 11.6 Å². The van der Waals surface area contributed by atoms with Gasteiger partial charge in [0.25, 0.3) is 5.91 Å². The van der Waals surface area contributed by atoms with E-state index in [2.05, 4.69) is 15.3 Å². The van der Waals surface area contributed by atoms with Gasteiger partial charge in [-0.05, 0) is 37.1 Å². The number of amides is 1. The molecule has 0 spiro atoms. The number of carbonyl (C=O) groups is 1. The number of rotatable bonds is 3. The van der Waals surface area contributed by atoms with Crippen molar-refractivity contribution in [2.24, 2.45) is 0 Å². The standard InChI is InChI=1S/C17H19ClN4O2/c1-11-9-12(2)15(13(18)10-11)21-17-19-4-3-14(20-17)16(23)22-5-7-24-8-6-22/h3-4,9-10H,5-8H2,1-2H3,(H,19,20,21). The van der Waals surface area contributed by atoms with Crippen molar-refractivity contribution in [1.82, 2.24) is 14.9 Å². The number of aryl methyl sites for hydroxylation is 2. The Balaban J connectivity index is 1.82. The Bertz CT molecular complexity index is 737. The summed E-state index contributed by atoms with van der Waals surface area (Å²) in [5.41, 5.74) is 3.18. The maximum atomic E-state index is 12.5. The number of carbonyl (C=O) groups excluding carboxylic acids is 1. The SMILES string of the molecule is Cc1cc(C)c(Nc2nccc(C(=O)N3CCOCC3)n2)c(Cl)c1. The number of aromatic nitrogens is 2. The van der Waals surface area contributed by atoms with E-state index in [-0.39, 0.29) is 5.91 Å². The minimum absolute atomic E-state index is 0.115. The maximum absolute atomic E-state index is 12.5. The molecule has 1 aromatic heterocycles. The van der Waals surface area contributed by atoms with Crippen molar-refractivity contribution in [1.29, 1.82) is 0 Å². The number of nitrogens with zero attached hydrogens (tertiary/aromatic N) is 3. The van der Waals surface area contributed by atoms with Gasteiger partial charge < -0.3 is 15.0 Å². The van der Waals surface area contributed by atoms with Crippen molar-refractivity contribution in [3.8, 4) is 0 Å². The lowest BCUT2D eigenvalue weighted by Crippen LogP contribution is -2.41. The highest BCUT2D eigenvalue weighted by Crippen LogP contribution is 2.29. The zero-order chi connectivity index (χ0) is 17.1. The van der Waals surface area contributed by atoms with E-state index in [0.717, 1.165) is 16.8 Å². The smallest absolute Gasteiger partial charge is 0.272 e. The highest BCUT2D eigenvalue weighted by Gasteiger charge is 2.20. The van der Waals surface area contributed by atoms with Gasteiger partial charge in [0.15, 0.2) is 0 Å². The number of hydrogen-bond acceptors (Lipinski definition) is 5. The quantitative estimate of drug-likeness (QED) is 0.925. The van der Waals surface area contributed by atoms with Crippen molar-refractivity contribution in [3.63, 3.8) is 0 Å². The van der Waals surface area contributed by atoms with Gasteiger partial charge in [0, 0.05) is 19.3 Å². The topological polar surface area (TPSA) is 67.4 Å². The Morgan fingerprint density at radius 2 is 2.04 bits per heavy atom. The van der Waals surface area contributed by atoms with Gasteiger partial charge in [0.05, 0.1) is 23.9 Å². The highest BCUT2D eigenvalue weighted by atomic mass is 35.5. The van der Waals surface area contributed by atoms with E-state index in [1.165, 1.54) is 0 Å². The van der Waals surface area contributed by atoms with Gasteiger partial charge in [-0.15, -0.1) is 0 Å². The molecule has 1 N–H and O–H groups in total. The number of nitrogens with one attached hydrogen (secondary N) is 1. The van der Waals surface area contributed by atoms with E-state index >= 15 is 0 Å². The molecule has 0 aliphatic carbocycles.